The quantitative estimate of drug-likeness (QED) is 0.740. The van der Waals surface area contributed by atoms with E-state index in [-0.39, 0.29) is 18.3 Å². The van der Waals surface area contributed by atoms with E-state index in [1.165, 1.54) is 7.11 Å². The van der Waals surface area contributed by atoms with Crippen LogP contribution in [0.25, 0.3) is 11.4 Å². The number of carbonyl (C=O) groups excluding carboxylic acids is 2. The Morgan fingerprint density at radius 3 is 2.75 bits per heavy atom. The van der Waals surface area contributed by atoms with Crippen molar-refractivity contribution in [2.24, 2.45) is 0 Å². The number of methoxy groups -OCH3 is 1. The molecule has 0 bridgehead atoms. The number of nitrogens with one attached hydrogen (secondary N) is 2. The van der Waals surface area contributed by atoms with Crippen molar-refractivity contribution in [3.63, 3.8) is 0 Å². The molecule has 1 aliphatic carbocycles. The normalized spacial score (nSPS) is 21.9. The van der Waals surface area contributed by atoms with Gasteiger partial charge in [-0.05, 0) is 37.8 Å². The lowest BCUT2D eigenvalue weighted by Crippen LogP contribution is -2.55. The lowest BCUT2D eigenvalue weighted by atomic mass is 9.88. The van der Waals surface area contributed by atoms with Crippen molar-refractivity contribution in [3.05, 3.63) is 35.7 Å². The Labute approximate surface area is 163 Å². The largest absolute Gasteiger partial charge is 0.469 e. The van der Waals surface area contributed by atoms with E-state index in [0.717, 1.165) is 30.7 Å². The van der Waals surface area contributed by atoms with E-state index < -0.39 is 5.54 Å². The molecule has 0 spiro atoms. The van der Waals surface area contributed by atoms with Crippen LogP contribution < -0.4 is 5.32 Å². The van der Waals surface area contributed by atoms with Gasteiger partial charge in [0.1, 0.15) is 5.82 Å². The highest BCUT2D eigenvalue weighted by Gasteiger charge is 2.37. The average Bonchev–Trinajstić information content (AvgIpc) is 3.45. The highest BCUT2D eigenvalue weighted by Crippen LogP contribution is 2.38. The zero-order valence-corrected chi connectivity index (χ0v) is 15.9. The van der Waals surface area contributed by atoms with Crippen molar-refractivity contribution < 1.29 is 19.1 Å². The van der Waals surface area contributed by atoms with Crippen molar-refractivity contribution in [1.29, 1.82) is 0 Å². The van der Waals surface area contributed by atoms with Gasteiger partial charge in [-0.2, -0.15) is 5.10 Å². The van der Waals surface area contributed by atoms with Gasteiger partial charge in [-0.15, -0.1) is 0 Å². The van der Waals surface area contributed by atoms with Crippen LogP contribution in [0.15, 0.2) is 24.3 Å². The first-order valence-corrected chi connectivity index (χ1v) is 9.58. The Kier molecular flexibility index (Phi) is 5.13. The zero-order valence-electron chi connectivity index (χ0n) is 15.9. The molecule has 8 heteroatoms. The van der Waals surface area contributed by atoms with E-state index in [0.29, 0.717) is 36.9 Å². The van der Waals surface area contributed by atoms with Gasteiger partial charge in [-0.3, -0.25) is 14.7 Å². The summed E-state index contributed by atoms with van der Waals surface area (Å²) in [6, 6.07) is 7.15. The Morgan fingerprint density at radius 2 is 2.11 bits per heavy atom. The van der Waals surface area contributed by atoms with Crippen molar-refractivity contribution in [1.82, 2.24) is 20.5 Å². The van der Waals surface area contributed by atoms with Gasteiger partial charge in [0.2, 0.25) is 0 Å². The molecule has 8 nitrogen and oxygen atoms in total. The van der Waals surface area contributed by atoms with Crippen LogP contribution in [-0.4, -0.2) is 52.9 Å². The summed E-state index contributed by atoms with van der Waals surface area (Å²) in [4.78, 5) is 29.1. The third-order valence-corrected chi connectivity index (χ3v) is 5.28. The van der Waals surface area contributed by atoms with Crippen molar-refractivity contribution in [3.8, 4) is 11.4 Å². The van der Waals surface area contributed by atoms with Crippen LogP contribution in [0, 0.1) is 0 Å². The molecule has 2 aliphatic rings. The van der Waals surface area contributed by atoms with Crippen LogP contribution in [0.3, 0.4) is 0 Å². The first kappa shape index (κ1) is 18.6. The Morgan fingerprint density at radius 1 is 1.32 bits per heavy atom. The molecule has 1 aromatic carbocycles. The number of aromatic amines is 1. The summed E-state index contributed by atoms with van der Waals surface area (Å²) in [6.45, 7) is 0.931. The maximum Gasteiger partial charge on any atom is 0.307 e. The smallest absolute Gasteiger partial charge is 0.307 e. The van der Waals surface area contributed by atoms with E-state index in [1.807, 2.05) is 12.1 Å². The van der Waals surface area contributed by atoms with E-state index in [9.17, 15) is 9.59 Å². The summed E-state index contributed by atoms with van der Waals surface area (Å²) < 4.78 is 10.3. The molecule has 2 aromatic rings. The predicted octanol–water partition coefficient (Wildman–Crippen LogP) is 2.19. The molecular formula is C20H24N4O4. The molecule has 1 atom stereocenters. The molecule has 1 saturated carbocycles. The van der Waals surface area contributed by atoms with Gasteiger partial charge in [0.15, 0.2) is 5.82 Å². The van der Waals surface area contributed by atoms with Gasteiger partial charge in [0.25, 0.3) is 5.91 Å². The molecule has 4 rings (SSSR count). The lowest BCUT2D eigenvalue weighted by Gasteiger charge is -2.37. The van der Waals surface area contributed by atoms with Crippen LogP contribution in [0.5, 0.6) is 0 Å². The van der Waals surface area contributed by atoms with E-state index in [2.05, 4.69) is 20.5 Å². The average molecular weight is 384 g/mol. The summed E-state index contributed by atoms with van der Waals surface area (Å²) in [5.74, 6) is 1.47. The summed E-state index contributed by atoms with van der Waals surface area (Å²) in [5.41, 5.74) is 0.630. The number of H-pyrrole nitrogens is 1. The number of nitrogens with zero attached hydrogens (tertiary/aromatic N) is 2. The first-order valence-electron chi connectivity index (χ1n) is 9.58. The lowest BCUT2D eigenvalue weighted by molar-refractivity contribution is -0.143. The maximum absolute atomic E-state index is 12.8. The third-order valence-electron chi connectivity index (χ3n) is 5.28. The van der Waals surface area contributed by atoms with Gasteiger partial charge < -0.3 is 14.8 Å². The highest BCUT2D eigenvalue weighted by atomic mass is 16.5. The van der Waals surface area contributed by atoms with Crippen LogP contribution in [0.1, 0.15) is 54.2 Å². The molecule has 1 aliphatic heterocycles. The minimum Gasteiger partial charge on any atom is -0.469 e. The second-order valence-electron chi connectivity index (χ2n) is 7.54. The standard InChI is InChI=1S/C20H24N4O4/c1-27-16(25)11-20(9-2-10-28-12-20)22-19(26)15-7-5-14(6-8-15)18-21-17(23-24-18)13-3-4-13/h5-8,13H,2-4,9-12H2,1H3,(H,22,26)(H,21,23,24)/t20-/m1/s1. The van der Waals surface area contributed by atoms with Crippen LogP contribution in [0.4, 0.5) is 0 Å². The van der Waals surface area contributed by atoms with Crippen molar-refractivity contribution in [2.45, 2.75) is 43.6 Å². The van der Waals surface area contributed by atoms with Crippen molar-refractivity contribution >= 4 is 11.9 Å². The molecule has 0 unspecified atom stereocenters. The van der Waals surface area contributed by atoms with Crippen LogP contribution >= 0.6 is 0 Å². The molecule has 1 aromatic heterocycles. The first-order chi connectivity index (χ1) is 13.6. The molecule has 2 heterocycles. The predicted molar refractivity (Wildman–Crippen MR) is 101 cm³/mol. The fraction of sp³-hybridized carbons (Fsp3) is 0.500. The maximum atomic E-state index is 12.8. The number of ether oxygens (including phenoxy) is 2. The van der Waals surface area contributed by atoms with E-state index in [1.54, 1.807) is 12.1 Å². The fourth-order valence-corrected chi connectivity index (χ4v) is 3.51. The SMILES string of the molecule is COC(=O)C[C@]1(NC(=O)c2ccc(-c3n[nH]c(C4CC4)n3)cc2)CCCOC1. The van der Waals surface area contributed by atoms with Gasteiger partial charge in [0, 0.05) is 23.7 Å². The molecule has 2 N–H and O–H groups in total. The van der Waals surface area contributed by atoms with Gasteiger partial charge in [-0.1, -0.05) is 12.1 Å². The summed E-state index contributed by atoms with van der Waals surface area (Å²) in [7, 11) is 1.35. The molecular weight excluding hydrogens is 360 g/mol. The van der Waals surface area contributed by atoms with Gasteiger partial charge >= 0.3 is 5.97 Å². The van der Waals surface area contributed by atoms with Gasteiger partial charge in [-0.25, -0.2) is 4.98 Å². The Hall–Kier alpha value is -2.74. The monoisotopic (exact) mass is 384 g/mol. The highest BCUT2D eigenvalue weighted by molar-refractivity contribution is 5.95. The number of hydrogen-bond donors (Lipinski definition) is 2. The zero-order chi connectivity index (χ0) is 19.6. The molecule has 2 fully saturated rings. The van der Waals surface area contributed by atoms with Crippen LogP contribution in [0.2, 0.25) is 0 Å². The fourth-order valence-electron chi connectivity index (χ4n) is 3.51. The minimum absolute atomic E-state index is 0.0917. The number of aromatic nitrogens is 3. The number of rotatable bonds is 6. The Balaban J connectivity index is 1.46. The summed E-state index contributed by atoms with van der Waals surface area (Å²) >= 11 is 0. The number of benzene rings is 1. The number of hydrogen-bond acceptors (Lipinski definition) is 6. The second-order valence-corrected chi connectivity index (χ2v) is 7.54. The molecule has 0 radical (unpaired) electrons. The van der Waals surface area contributed by atoms with Gasteiger partial charge in [0.05, 0.1) is 25.7 Å². The summed E-state index contributed by atoms with van der Waals surface area (Å²) in [5, 5.41) is 10.3. The second kappa shape index (κ2) is 7.71. The number of amides is 1. The summed E-state index contributed by atoms with van der Waals surface area (Å²) in [6.07, 6.45) is 3.86. The third kappa shape index (κ3) is 4.06. The molecule has 1 saturated heterocycles. The number of esters is 1. The van der Waals surface area contributed by atoms with Crippen molar-refractivity contribution in [2.75, 3.05) is 20.3 Å². The van der Waals surface area contributed by atoms with E-state index >= 15 is 0 Å². The molecule has 148 valence electrons. The Bertz CT molecular complexity index is 851. The minimum atomic E-state index is -0.732. The van der Waals surface area contributed by atoms with E-state index in [4.69, 9.17) is 9.47 Å². The molecule has 28 heavy (non-hydrogen) atoms. The number of carbonyl (C=O) groups is 2. The topological polar surface area (TPSA) is 106 Å². The van der Waals surface area contributed by atoms with Crippen LogP contribution in [-0.2, 0) is 14.3 Å². The molecule has 1 amide bonds.